The summed E-state index contributed by atoms with van der Waals surface area (Å²) < 4.78 is 13.4. The highest BCUT2D eigenvalue weighted by atomic mass is 16.7. The van der Waals surface area contributed by atoms with Crippen molar-refractivity contribution in [3.63, 3.8) is 0 Å². The van der Waals surface area contributed by atoms with Gasteiger partial charge in [-0.2, -0.15) is 0 Å². The third kappa shape index (κ3) is 2.09. The molecule has 0 N–H and O–H groups in total. The Hall–Kier alpha value is -1.64. The minimum atomic E-state index is -0.369. The van der Waals surface area contributed by atoms with Crippen molar-refractivity contribution in [3.8, 4) is 0 Å². The fourth-order valence-corrected chi connectivity index (χ4v) is 5.23. The van der Waals surface area contributed by atoms with Crippen LogP contribution in [0.2, 0.25) is 0 Å². The second-order valence-electron chi connectivity index (χ2n) is 7.68. The Labute approximate surface area is 143 Å². The van der Waals surface area contributed by atoms with E-state index in [0.717, 1.165) is 19.3 Å². The van der Waals surface area contributed by atoms with Gasteiger partial charge in [-0.05, 0) is 36.8 Å². The fraction of sp³-hybridized carbons (Fsp3) is 0.455. The average Bonchev–Trinajstić information content (AvgIpc) is 3.14. The average molecular weight is 320 g/mol. The summed E-state index contributed by atoms with van der Waals surface area (Å²) in [4.78, 5) is 0. The van der Waals surface area contributed by atoms with Crippen LogP contribution in [0.25, 0.3) is 0 Å². The molecule has 0 bridgehead atoms. The van der Waals surface area contributed by atoms with Crippen LogP contribution in [0.4, 0.5) is 0 Å². The highest BCUT2D eigenvalue weighted by Gasteiger charge is 2.66. The maximum Gasteiger partial charge on any atom is 0.175 e. The maximum atomic E-state index is 6.68. The molecule has 2 saturated heterocycles. The largest absolute Gasteiger partial charge is 0.341 e. The molecular weight excluding hydrogens is 296 g/mol. The topological polar surface area (TPSA) is 18.5 Å². The van der Waals surface area contributed by atoms with Crippen LogP contribution < -0.4 is 0 Å². The molecule has 24 heavy (non-hydrogen) atoms. The van der Waals surface area contributed by atoms with Gasteiger partial charge in [-0.1, -0.05) is 67.1 Å². The molecule has 3 aliphatic rings. The van der Waals surface area contributed by atoms with Gasteiger partial charge in [-0.3, -0.25) is 0 Å². The lowest BCUT2D eigenvalue weighted by Gasteiger charge is -2.41. The molecule has 3 fully saturated rings. The quantitative estimate of drug-likeness (QED) is 0.720. The van der Waals surface area contributed by atoms with Crippen molar-refractivity contribution in [3.05, 3.63) is 71.8 Å². The van der Waals surface area contributed by atoms with Crippen molar-refractivity contribution in [2.75, 3.05) is 0 Å². The molecule has 2 aliphatic heterocycles. The Kier molecular flexibility index (Phi) is 3.33. The second-order valence-corrected chi connectivity index (χ2v) is 7.68. The lowest BCUT2D eigenvalue weighted by atomic mass is 9.66. The fourth-order valence-electron chi connectivity index (χ4n) is 5.23. The molecule has 0 amide bonds. The summed E-state index contributed by atoms with van der Waals surface area (Å²) in [7, 11) is 0. The van der Waals surface area contributed by atoms with E-state index < -0.39 is 0 Å². The Balaban J connectivity index is 1.48. The van der Waals surface area contributed by atoms with E-state index in [1.54, 1.807) is 0 Å². The first-order chi connectivity index (χ1) is 11.8. The first-order valence-corrected chi connectivity index (χ1v) is 9.26. The third-order valence-corrected chi connectivity index (χ3v) is 6.38. The lowest BCUT2D eigenvalue weighted by molar-refractivity contribution is -0.260. The van der Waals surface area contributed by atoms with E-state index in [1.807, 2.05) is 0 Å². The molecule has 1 aliphatic carbocycles. The predicted molar refractivity (Wildman–Crippen MR) is 93.4 cm³/mol. The standard InChI is InChI=1S/C22H24O2/c1-3-9-17(10-4-1)19-15-21-13-7-8-14-22(21,23-19)24-20(16-21)18-11-5-2-6-12-18/h1-6,9-12,19-20H,7-8,13-16H2/t19-,20-,21?,22?/m1/s1. The molecule has 0 radical (unpaired) electrons. The first-order valence-electron chi connectivity index (χ1n) is 9.26. The Morgan fingerprint density at radius 2 is 1.17 bits per heavy atom. The Morgan fingerprint density at radius 1 is 0.667 bits per heavy atom. The highest BCUT2D eigenvalue weighted by Crippen LogP contribution is 2.68. The van der Waals surface area contributed by atoms with Crippen LogP contribution in [0.15, 0.2) is 60.7 Å². The van der Waals surface area contributed by atoms with E-state index >= 15 is 0 Å². The zero-order chi connectivity index (χ0) is 16.0. The predicted octanol–water partition coefficient (Wildman–Crippen LogP) is 5.57. The zero-order valence-corrected chi connectivity index (χ0v) is 14.0. The second kappa shape index (κ2) is 5.44. The van der Waals surface area contributed by atoms with Crippen molar-refractivity contribution >= 4 is 0 Å². The van der Waals surface area contributed by atoms with Gasteiger partial charge in [0.05, 0.1) is 12.2 Å². The van der Waals surface area contributed by atoms with Gasteiger partial charge in [-0.15, -0.1) is 0 Å². The maximum absolute atomic E-state index is 6.68. The lowest BCUT2D eigenvalue weighted by Crippen LogP contribution is -2.44. The van der Waals surface area contributed by atoms with Gasteiger partial charge in [0, 0.05) is 11.8 Å². The van der Waals surface area contributed by atoms with Crippen molar-refractivity contribution in [1.82, 2.24) is 0 Å². The van der Waals surface area contributed by atoms with Crippen LogP contribution in [0.5, 0.6) is 0 Å². The van der Waals surface area contributed by atoms with Crippen LogP contribution >= 0.6 is 0 Å². The zero-order valence-electron chi connectivity index (χ0n) is 14.0. The molecule has 0 aromatic heterocycles. The normalized spacial score (nSPS) is 37.8. The Morgan fingerprint density at radius 3 is 1.67 bits per heavy atom. The van der Waals surface area contributed by atoms with Crippen molar-refractivity contribution in [2.24, 2.45) is 5.41 Å². The Bertz CT molecular complexity index is 634. The third-order valence-electron chi connectivity index (χ3n) is 6.38. The van der Waals surface area contributed by atoms with E-state index in [1.165, 1.54) is 30.4 Å². The van der Waals surface area contributed by atoms with Gasteiger partial charge < -0.3 is 9.47 Å². The SMILES string of the molecule is c1ccc([C@H]2CC34CCCCC3(O2)O[C@@H](c2ccccc2)C4)cc1. The van der Waals surface area contributed by atoms with Crippen LogP contribution in [0.1, 0.15) is 61.9 Å². The summed E-state index contributed by atoms with van der Waals surface area (Å²) in [5, 5.41) is 0. The van der Waals surface area contributed by atoms with Crippen LogP contribution in [0, 0.1) is 5.41 Å². The van der Waals surface area contributed by atoms with E-state index in [2.05, 4.69) is 60.7 Å². The molecule has 1 saturated carbocycles. The highest BCUT2D eigenvalue weighted by molar-refractivity contribution is 5.25. The van der Waals surface area contributed by atoms with Gasteiger partial charge in [0.15, 0.2) is 5.79 Å². The molecule has 2 heteroatoms. The van der Waals surface area contributed by atoms with Gasteiger partial charge in [0.1, 0.15) is 0 Å². The van der Waals surface area contributed by atoms with Crippen LogP contribution in [-0.4, -0.2) is 5.79 Å². The van der Waals surface area contributed by atoms with E-state index in [9.17, 15) is 0 Å². The minimum Gasteiger partial charge on any atom is -0.341 e. The molecule has 2 atom stereocenters. The number of rotatable bonds is 2. The summed E-state index contributed by atoms with van der Waals surface area (Å²) in [6, 6.07) is 21.4. The van der Waals surface area contributed by atoms with Crippen molar-refractivity contribution in [2.45, 2.75) is 56.5 Å². The molecule has 0 unspecified atom stereocenters. The van der Waals surface area contributed by atoms with Crippen molar-refractivity contribution in [1.29, 1.82) is 0 Å². The molecule has 5 rings (SSSR count). The molecular formula is C22H24O2. The smallest absolute Gasteiger partial charge is 0.175 e. The van der Waals surface area contributed by atoms with Crippen LogP contribution in [0.3, 0.4) is 0 Å². The molecule has 2 aromatic carbocycles. The van der Waals surface area contributed by atoms with Gasteiger partial charge in [-0.25, -0.2) is 0 Å². The van der Waals surface area contributed by atoms with E-state index in [0.29, 0.717) is 0 Å². The van der Waals surface area contributed by atoms with Gasteiger partial charge >= 0.3 is 0 Å². The van der Waals surface area contributed by atoms with E-state index in [4.69, 9.17) is 9.47 Å². The van der Waals surface area contributed by atoms with Gasteiger partial charge in [0.2, 0.25) is 0 Å². The monoisotopic (exact) mass is 320 g/mol. The summed E-state index contributed by atoms with van der Waals surface area (Å²) in [6.45, 7) is 0. The number of benzene rings is 2. The molecule has 2 heterocycles. The minimum absolute atomic E-state index is 0.182. The molecule has 2 nitrogen and oxygen atoms in total. The molecule has 2 aromatic rings. The van der Waals surface area contributed by atoms with Crippen LogP contribution in [-0.2, 0) is 9.47 Å². The number of ether oxygens (including phenoxy) is 2. The summed E-state index contributed by atoms with van der Waals surface area (Å²) >= 11 is 0. The van der Waals surface area contributed by atoms with E-state index in [-0.39, 0.29) is 23.4 Å². The molecule has 0 spiro atoms. The molecule has 124 valence electrons. The number of hydrogen-bond donors (Lipinski definition) is 0. The van der Waals surface area contributed by atoms with Crippen molar-refractivity contribution < 1.29 is 9.47 Å². The summed E-state index contributed by atoms with van der Waals surface area (Å²) in [6.07, 6.45) is 7.35. The number of hydrogen-bond acceptors (Lipinski definition) is 2. The summed E-state index contributed by atoms with van der Waals surface area (Å²) in [5.74, 6) is -0.369. The summed E-state index contributed by atoms with van der Waals surface area (Å²) in [5.41, 5.74) is 2.78. The first kappa shape index (κ1) is 14.7. The van der Waals surface area contributed by atoms with Gasteiger partial charge in [0.25, 0.3) is 0 Å².